The molecule has 1 fully saturated rings. The maximum atomic E-state index is 12.5. The number of aromatic amines is 1. The Bertz CT molecular complexity index is 741. The number of imidazole rings is 1. The Morgan fingerprint density at radius 2 is 2.32 bits per heavy atom. The van der Waals surface area contributed by atoms with Crippen LogP contribution in [0, 0.1) is 5.92 Å². The molecule has 2 heterocycles. The third-order valence-corrected chi connectivity index (χ3v) is 4.28. The number of nitrogens with one attached hydrogen (secondary N) is 1. The van der Waals surface area contributed by atoms with Gasteiger partial charge in [-0.05, 0) is 37.0 Å². The molecule has 1 unspecified atom stereocenters. The van der Waals surface area contributed by atoms with Crippen LogP contribution in [0.1, 0.15) is 23.2 Å². The van der Waals surface area contributed by atoms with Crippen molar-refractivity contribution in [3.63, 3.8) is 0 Å². The first-order valence-electron chi connectivity index (χ1n) is 7.58. The predicted molar refractivity (Wildman–Crippen MR) is 84.0 cm³/mol. The molecule has 1 saturated heterocycles. The van der Waals surface area contributed by atoms with E-state index in [-0.39, 0.29) is 11.6 Å². The van der Waals surface area contributed by atoms with Gasteiger partial charge in [0.15, 0.2) is 0 Å². The lowest BCUT2D eigenvalue weighted by atomic mass is 10.0. The number of H-pyrrole nitrogens is 1. The van der Waals surface area contributed by atoms with Crippen LogP contribution in [0.5, 0.6) is 0 Å². The van der Waals surface area contributed by atoms with Gasteiger partial charge >= 0.3 is 5.69 Å². The molecule has 6 nitrogen and oxygen atoms in total. The van der Waals surface area contributed by atoms with Gasteiger partial charge in [-0.25, -0.2) is 4.79 Å². The largest absolute Gasteiger partial charge is 0.381 e. The Kier molecular flexibility index (Phi) is 4.02. The standard InChI is InChI=1S/C16H21N3O3/c1-18(9-11-4-3-7-22-10-11)15(20)12-5-6-14-13(8-12)17-16(21)19(14)2/h5-6,8,11H,3-4,7,9-10H2,1-2H3,(H,17,21). The molecule has 1 aliphatic heterocycles. The number of carbonyl (C=O) groups excluding carboxylic acids is 1. The molecule has 1 N–H and O–H groups in total. The number of fused-ring (bicyclic) bond motifs is 1. The van der Waals surface area contributed by atoms with Crippen LogP contribution >= 0.6 is 0 Å². The van der Waals surface area contributed by atoms with E-state index in [2.05, 4.69) is 4.98 Å². The monoisotopic (exact) mass is 303 g/mol. The van der Waals surface area contributed by atoms with Crippen LogP contribution in [0.4, 0.5) is 0 Å². The molecule has 3 rings (SSSR count). The molecule has 1 aliphatic rings. The molecule has 0 radical (unpaired) electrons. The van der Waals surface area contributed by atoms with Crippen LogP contribution in [0.3, 0.4) is 0 Å². The van der Waals surface area contributed by atoms with Crippen molar-refractivity contribution >= 4 is 16.9 Å². The highest BCUT2D eigenvalue weighted by Gasteiger charge is 2.20. The maximum Gasteiger partial charge on any atom is 0.326 e. The van der Waals surface area contributed by atoms with Gasteiger partial charge in [-0.15, -0.1) is 0 Å². The van der Waals surface area contributed by atoms with Gasteiger partial charge < -0.3 is 14.6 Å². The molecule has 2 aromatic rings. The first-order valence-corrected chi connectivity index (χ1v) is 7.58. The number of benzene rings is 1. The fourth-order valence-corrected chi connectivity index (χ4v) is 3.01. The van der Waals surface area contributed by atoms with E-state index in [9.17, 15) is 9.59 Å². The first kappa shape index (κ1) is 14.8. The molecule has 1 amide bonds. The number of hydrogen-bond acceptors (Lipinski definition) is 3. The fourth-order valence-electron chi connectivity index (χ4n) is 3.01. The van der Waals surface area contributed by atoms with E-state index < -0.39 is 0 Å². The lowest BCUT2D eigenvalue weighted by Gasteiger charge is -2.27. The Morgan fingerprint density at radius 3 is 3.05 bits per heavy atom. The predicted octanol–water partition coefficient (Wildman–Crippen LogP) is 1.37. The zero-order chi connectivity index (χ0) is 15.7. The summed E-state index contributed by atoms with van der Waals surface area (Å²) in [7, 11) is 3.52. The molecule has 1 atom stereocenters. The van der Waals surface area contributed by atoms with Crippen molar-refractivity contribution in [1.82, 2.24) is 14.5 Å². The summed E-state index contributed by atoms with van der Waals surface area (Å²) in [5.41, 5.74) is 1.90. The zero-order valence-electron chi connectivity index (χ0n) is 13.0. The van der Waals surface area contributed by atoms with Crippen LogP contribution in [0.15, 0.2) is 23.0 Å². The van der Waals surface area contributed by atoms with Crippen LogP contribution in [0.25, 0.3) is 11.0 Å². The third kappa shape index (κ3) is 2.78. The number of aromatic nitrogens is 2. The van der Waals surface area contributed by atoms with Crippen molar-refractivity contribution < 1.29 is 9.53 Å². The molecule has 0 spiro atoms. The number of amides is 1. The smallest absolute Gasteiger partial charge is 0.326 e. The quantitative estimate of drug-likeness (QED) is 0.931. The summed E-state index contributed by atoms with van der Waals surface area (Å²) in [5.74, 6) is 0.375. The molecule has 1 aromatic carbocycles. The highest BCUT2D eigenvalue weighted by molar-refractivity contribution is 5.97. The molecule has 0 saturated carbocycles. The van der Waals surface area contributed by atoms with E-state index >= 15 is 0 Å². The van der Waals surface area contributed by atoms with Gasteiger partial charge in [0.25, 0.3) is 5.91 Å². The third-order valence-electron chi connectivity index (χ3n) is 4.28. The maximum absolute atomic E-state index is 12.5. The van der Waals surface area contributed by atoms with Gasteiger partial charge in [0, 0.05) is 32.8 Å². The molecular formula is C16H21N3O3. The Morgan fingerprint density at radius 1 is 1.50 bits per heavy atom. The van der Waals surface area contributed by atoms with E-state index in [4.69, 9.17) is 4.74 Å². The summed E-state index contributed by atoms with van der Waals surface area (Å²) in [6.45, 7) is 2.25. The molecule has 1 aromatic heterocycles. The summed E-state index contributed by atoms with van der Waals surface area (Å²) in [5, 5.41) is 0. The first-order chi connectivity index (χ1) is 10.6. The van der Waals surface area contributed by atoms with E-state index in [1.54, 1.807) is 30.1 Å². The van der Waals surface area contributed by atoms with Gasteiger partial charge in [0.05, 0.1) is 17.6 Å². The van der Waals surface area contributed by atoms with Crippen LogP contribution in [-0.4, -0.2) is 47.2 Å². The van der Waals surface area contributed by atoms with Gasteiger partial charge in [0.1, 0.15) is 0 Å². The summed E-state index contributed by atoms with van der Waals surface area (Å²) in [6.07, 6.45) is 2.16. The topological polar surface area (TPSA) is 67.3 Å². The van der Waals surface area contributed by atoms with Crippen molar-refractivity contribution in [2.75, 3.05) is 26.8 Å². The highest BCUT2D eigenvalue weighted by atomic mass is 16.5. The second-order valence-electron chi connectivity index (χ2n) is 5.99. The number of hydrogen-bond donors (Lipinski definition) is 1. The average Bonchev–Trinajstić information content (AvgIpc) is 2.81. The van der Waals surface area contributed by atoms with Gasteiger partial charge in [-0.1, -0.05) is 0 Å². The minimum absolute atomic E-state index is 0.0304. The number of carbonyl (C=O) groups is 1. The summed E-state index contributed by atoms with van der Waals surface area (Å²) in [4.78, 5) is 28.7. The molecular weight excluding hydrogens is 282 g/mol. The van der Waals surface area contributed by atoms with Gasteiger partial charge in [-0.3, -0.25) is 9.36 Å². The number of nitrogens with zero attached hydrogens (tertiary/aromatic N) is 2. The highest BCUT2D eigenvalue weighted by Crippen LogP contribution is 2.17. The lowest BCUT2D eigenvalue weighted by molar-refractivity contribution is 0.0388. The molecule has 6 heteroatoms. The van der Waals surface area contributed by atoms with E-state index in [0.717, 1.165) is 31.6 Å². The van der Waals surface area contributed by atoms with Crippen molar-refractivity contribution in [3.05, 3.63) is 34.2 Å². The molecule has 118 valence electrons. The van der Waals surface area contributed by atoms with Gasteiger partial charge in [-0.2, -0.15) is 0 Å². The zero-order valence-corrected chi connectivity index (χ0v) is 13.0. The van der Waals surface area contributed by atoms with Gasteiger partial charge in [0.2, 0.25) is 0 Å². The van der Waals surface area contributed by atoms with E-state index in [1.165, 1.54) is 4.57 Å². The Balaban J connectivity index is 1.77. The molecule has 22 heavy (non-hydrogen) atoms. The summed E-state index contributed by atoms with van der Waals surface area (Å²) < 4.78 is 7.00. The second kappa shape index (κ2) is 5.96. The van der Waals surface area contributed by atoms with Crippen molar-refractivity contribution in [3.8, 4) is 0 Å². The number of ether oxygens (including phenoxy) is 1. The summed E-state index contributed by atoms with van der Waals surface area (Å²) >= 11 is 0. The van der Waals surface area contributed by atoms with Crippen molar-refractivity contribution in [2.45, 2.75) is 12.8 Å². The summed E-state index contributed by atoms with van der Waals surface area (Å²) in [6, 6.07) is 5.32. The molecule has 0 aliphatic carbocycles. The molecule has 0 bridgehead atoms. The van der Waals surface area contributed by atoms with Crippen LogP contribution in [0.2, 0.25) is 0 Å². The second-order valence-corrected chi connectivity index (χ2v) is 5.99. The average molecular weight is 303 g/mol. The van der Waals surface area contributed by atoms with Crippen LogP contribution in [-0.2, 0) is 11.8 Å². The number of aryl methyl sites for hydroxylation is 1. The lowest BCUT2D eigenvalue weighted by Crippen LogP contribution is -2.35. The SMILES string of the molecule is CN(CC1CCCOC1)C(=O)c1ccc2c(c1)[nH]c(=O)n2C. The minimum atomic E-state index is -0.174. The van der Waals surface area contributed by atoms with Crippen LogP contribution < -0.4 is 5.69 Å². The Labute approximate surface area is 128 Å². The van der Waals surface area contributed by atoms with Crippen molar-refractivity contribution in [2.24, 2.45) is 13.0 Å². The fraction of sp³-hybridized carbons (Fsp3) is 0.500. The van der Waals surface area contributed by atoms with E-state index in [0.29, 0.717) is 23.5 Å². The van der Waals surface area contributed by atoms with Crippen molar-refractivity contribution in [1.29, 1.82) is 0 Å². The minimum Gasteiger partial charge on any atom is -0.381 e. The Hall–Kier alpha value is -2.08. The van der Waals surface area contributed by atoms with E-state index in [1.807, 2.05) is 7.05 Å². The number of rotatable bonds is 3. The normalized spacial score (nSPS) is 18.5.